The molecule has 0 spiro atoms. The summed E-state index contributed by atoms with van der Waals surface area (Å²) in [6.45, 7) is -2.04. The fourth-order valence-electron chi connectivity index (χ4n) is 6.14. The summed E-state index contributed by atoms with van der Waals surface area (Å²) in [6, 6.07) is 13.7. The Morgan fingerprint density at radius 3 is 2.27 bits per heavy atom. The predicted molar refractivity (Wildman–Crippen MR) is 194 cm³/mol. The van der Waals surface area contributed by atoms with Crippen molar-refractivity contribution in [3.8, 4) is 16.9 Å². The first-order valence-corrected chi connectivity index (χ1v) is 18.4. The van der Waals surface area contributed by atoms with Crippen LogP contribution >= 0.6 is 23.2 Å². The number of aliphatic hydroxyl groups is 7. The van der Waals surface area contributed by atoms with Crippen LogP contribution in [0, 0.1) is 0 Å². The molecule has 5 atom stereocenters. The largest absolute Gasteiger partial charge is 0.490 e. The molecule has 2 aromatic carbocycles. The average Bonchev–Trinajstić information content (AvgIpc) is 4.10. The van der Waals surface area contributed by atoms with Crippen molar-refractivity contribution < 1.29 is 50.0 Å². The van der Waals surface area contributed by atoms with Gasteiger partial charge in [0.25, 0.3) is 0 Å². The lowest BCUT2D eigenvalue weighted by Crippen LogP contribution is -2.51. The minimum atomic E-state index is -1.87. The molecule has 2 aliphatic carbocycles. The van der Waals surface area contributed by atoms with Gasteiger partial charge in [0.15, 0.2) is 0 Å². The third kappa shape index (κ3) is 10.4. The van der Waals surface area contributed by atoms with Crippen LogP contribution in [0.3, 0.4) is 0 Å². The monoisotopic (exact) mass is 762 g/mol. The Hall–Kier alpha value is -2.88. The molecule has 0 bridgehead atoms. The number of aryl methyl sites for hydroxylation is 1. The van der Waals surface area contributed by atoms with Crippen molar-refractivity contribution in [2.24, 2.45) is 0 Å². The van der Waals surface area contributed by atoms with E-state index < -0.39 is 61.8 Å². The molecule has 1 heterocycles. The molecule has 1 amide bonds. The molecular formula is C38H48Cl2N2O10. The van der Waals surface area contributed by atoms with Crippen LogP contribution in [-0.2, 0) is 28.2 Å². The number of carbonyl (C=O) groups is 1. The van der Waals surface area contributed by atoms with E-state index in [1.165, 1.54) is 0 Å². The number of hydrogen-bond acceptors (Lipinski definition) is 11. The number of amides is 1. The van der Waals surface area contributed by atoms with Gasteiger partial charge in [-0.3, -0.25) is 9.78 Å². The Bertz CT molecular complexity index is 1640. The van der Waals surface area contributed by atoms with Gasteiger partial charge in [-0.15, -0.1) is 0 Å². The van der Waals surface area contributed by atoms with Crippen LogP contribution in [0.15, 0.2) is 54.9 Å². The molecule has 5 rings (SSSR count). The summed E-state index contributed by atoms with van der Waals surface area (Å²) in [6.07, 6.45) is 0.801. The minimum absolute atomic E-state index is 0.0235. The van der Waals surface area contributed by atoms with Gasteiger partial charge in [-0.25, -0.2) is 0 Å². The van der Waals surface area contributed by atoms with Gasteiger partial charge in [-0.05, 0) is 85.9 Å². The average molecular weight is 764 g/mol. The third-order valence-corrected chi connectivity index (χ3v) is 10.2. The van der Waals surface area contributed by atoms with Crippen molar-refractivity contribution >= 4 is 29.1 Å². The highest BCUT2D eigenvalue weighted by Gasteiger charge is 2.48. The normalized spacial score (nSPS) is 17.9. The highest BCUT2D eigenvalue weighted by Crippen LogP contribution is 2.53. The molecule has 7 N–H and O–H groups in total. The molecule has 2 aliphatic rings. The molecule has 3 aromatic rings. The van der Waals surface area contributed by atoms with Crippen LogP contribution in [0.2, 0.25) is 10.0 Å². The molecule has 14 heteroatoms. The molecule has 284 valence electrons. The van der Waals surface area contributed by atoms with Crippen LogP contribution in [0.1, 0.15) is 61.6 Å². The molecule has 0 aliphatic heterocycles. The quantitative estimate of drug-likeness (QED) is 0.0789. The van der Waals surface area contributed by atoms with Gasteiger partial charge in [0, 0.05) is 53.1 Å². The van der Waals surface area contributed by atoms with Gasteiger partial charge in [-0.1, -0.05) is 41.4 Å². The van der Waals surface area contributed by atoms with Crippen molar-refractivity contribution in [3.63, 3.8) is 0 Å². The van der Waals surface area contributed by atoms with Crippen LogP contribution in [-0.4, -0.2) is 114 Å². The van der Waals surface area contributed by atoms with Crippen LogP contribution in [0.4, 0.5) is 0 Å². The second-order valence-corrected chi connectivity index (χ2v) is 14.5. The van der Waals surface area contributed by atoms with Crippen molar-refractivity contribution in [1.82, 2.24) is 9.88 Å². The fraction of sp³-hybridized carbons (Fsp3) is 0.526. The van der Waals surface area contributed by atoms with Gasteiger partial charge in [0.1, 0.15) is 30.2 Å². The number of ether oxygens (including phenoxy) is 2. The van der Waals surface area contributed by atoms with E-state index in [4.69, 9.17) is 37.8 Å². The number of halogens is 2. The van der Waals surface area contributed by atoms with E-state index in [1.54, 1.807) is 18.3 Å². The molecule has 12 nitrogen and oxygen atoms in total. The first-order valence-electron chi connectivity index (χ1n) is 17.7. The van der Waals surface area contributed by atoms with Crippen molar-refractivity contribution in [2.75, 3.05) is 26.3 Å². The first-order chi connectivity index (χ1) is 25.0. The third-order valence-electron chi connectivity index (χ3n) is 9.54. The Morgan fingerprint density at radius 2 is 1.58 bits per heavy atom. The van der Waals surface area contributed by atoms with E-state index in [2.05, 4.69) is 11.1 Å². The fourth-order valence-corrected chi connectivity index (χ4v) is 6.66. The summed E-state index contributed by atoms with van der Waals surface area (Å²) in [7, 11) is 0. The SMILES string of the molecule is O=C(CCCCc1cc(Cl)c(COC2(c3cnccc3-c3ccccc3OC3CC3)CC2)cc1Cl)N(CC(O)CO)CC(O)C(O)C(O)C(O)CO. The Balaban J connectivity index is 1.16. The Kier molecular flexibility index (Phi) is 14.3. The van der Waals surface area contributed by atoms with E-state index in [0.29, 0.717) is 29.3 Å². The predicted octanol–water partition coefficient (Wildman–Crippen LogP) is 3.13. The lowest BCUT2D eigenvalue weighted by Gasteiger charge is -2.31. The van der Waals surface area contributed by atoms with E-state index in [0.717, 1.165) is 64.1 Å². The van der Waals surface area contributed by atoms with E-state index in [-0.39, 0.29) is 25.7 Å². The summed E-state index contributed by atoms with van der Waals surface area (Å²) in [4.78, 5) is 18.5. The van der Waals surface area contributed by atoms with Gasteiger partial charge in [0.2, 0.25) is 5.91 Å². The van der Waals surface area contributed by atoms with E-state index in [1.807, 2.05) is 30.5 Å². The molecule has 2 fully saturated rings. The summed E-state index contributed by atoms with van der Waals surface area (Å²) in [5.41, 5.74) is 4.08. The number of para-hydroxylation sites is 1. The van der Waals surface area contributed by atoms with Crippen LogP contribution in [0.5, 0.6) is 5.75 Å². The molecule has 0 radical (unpaired) electrons. The Morgan fingerprint density at radius 1 is 0.885 bits per heavy atom. The molecule has 52 heavy (non-hydrogen) atoms. The highest BCUT2D eigenvalue weighted by molar-refractivity contribution is 6.34. The molecule has 5 unspecified atom stereocenters. The number of rotatable bonds is 21. The maximum absolute atomic E-state index is 13.0. The van der Waals surface area contributed by atoms with Crippen molar-refractivity contribution in [1.29, 1.82) is 0 Å². The van der Waals surface area contributed by atoms with Gasteiger partial charge in [-0.2, -0.15) is 0 Å². The number of benzene rings is 2. The van der Waals surface area contributed by atoms with Gasteiger partial charge < -0.3 is 50.1 Å². The standard InChI is InChI=1S/C38H48Cl2N2O10/c39-30-16-24(22-51-38(12-13-38)29-17-41-14-11-27(29)28-6-2-3-7-34(28)52-26-9-10-26)31(40)15-23(30)5-1-4-8-35(48)42(18-25(45)20-43)19-32(46)36(49)37(50)33(47)21-44/h2-3,6-7,11,14-17,25-26,32-33,36-37,43-47,49-50H,1,4-5,8-10,12-13,18-22H2. The molecular weight excluding hydrogens is 715 g/mol. The maximum Gasteiger partial charge on any atom is 0.222 e. The zero-order valence-corrected chi connectivity index (χ0v) is 30.4. The number of hydrogen-bond donors (Lipinski definition) is 7. The summed E-state index contributed by atoms with van der Waals surface area (Å²) in [5.74, 6) is 0.393. The number of unbranched alkanes of at least 4 members (excludes halogenated alkanes) is 1. The smallest absolute Gasteiger partial charge is 0.222 e. The zero-order chi connectivity index (χ0) is 37.4. The Labute approximate surface area is 313 Å². The number of nitrogens with zero attached hydrogens (tertiary/aromatic N) is 2. The van der Waals surface area contributed by atoms with Crippen molar-refractivity contribution in [3.05, 3.63) is 81.6 Å². The summed E-state index contributed by atoms with van der Waals surface area (Å²) in [5, 5.41) is 69.4. The zero-order valence-electron chi connectivity index (χ0n) is 28.9. The maximum atomic E-state index is 13.0. The second kappa shape index (κ2) is 18.4. The molecule has 0 saturated heterocycles. The first kappa shape index (κ1) is 40.3. The summed E-state index contributed by atoms with van der Waals surface area (Å²) < 4.78 is 12.8. The van der Waals surface area contributed by atoms with E-state index in [9.17, 15) is 35.4 Å². The van der Waals surface area contributed by atoms with Crippen LogP contribution < -0.4 is 4.74 Å². The lowest BCUT2D eigenvalue weighted by atomic mass is 9.96. The van der Waals surface area contributed by atoms with Crippen LogP contribution in [0.25, 0.3) is 11.1 Å². The van der Waals surface area contributed by atoms with Crippen molar-refractivity contribution in [2.45, 2.75) is 100 Å². The highest BCUT2D eigenvalue weighted by atomic mass is 35.5. The minimum Gasteiger partial charge on any atom is -0.490 e. The number of aromatic nitrogens is 1. The molecule has 2 saturated carbocycles. The lowest BCUT2D eigenvalue weighted by molar-refractivity contribution is -0.142. The topological polar surface area (TPSA) is 193 Å². The number of carbonyl (C=O) groups excluding carboxylic acids is 1. The number of pyridine rings is 1. The van der Waals surface area contributed by atoms with Gasteiger partial charge >= 0.3 is 0 Å². The molecule has 1 aromatic heterocycles. The summed E-state index contributed by atoms with van der Waals surface area (Å²) >= 11 is 13.4. The van der Waals surface area contributed by atoms with E-state index >= 15 is 0 Å². The van der Waals surface area contributed by atoms with Gasteiger partial charge in [0.05, 0.1) is 37.6 Å². The second-order valence-electron chi connectivity index (χ2n) is 13.7. The number of aliphatic hydroxyl groups excluding tert-OH is 7.